The van der Waals surface area contributed by atoms with E-state index in [4.69, 9.17) is 4.42 Å². The zero-order valence-corrected chi connectivity index (χ0v) is 7.78. The summed E-state index contributed by atoms with van der Waals surface area (Å²) >= 11 is 1.45. The predicted molar refractivity (Wildman–Crippen MR) is 46.3 cm³/mol. The Balaban J connectivity index is 2.22. The van der Waals surface area contributed by atoms with E-state index in [1.54, 1.807) is 0 Å². The van der Waals surface area contributed by atoms with Crippen LogP contribution in [-0.4, -0.2) is 16.2 Å². The van der Waals surface area contributed by atoms with Crippen LogP contribution in [0.15, 0.2) is 21.9 Å². The molecular weight excluding hydrogens is 204 g/mol. The van der Waals surface area contributed by atoms with Crippen LogP contribution >= 0.6 is 11.3 Å². The van der Waals surface area contributed by atoms with Crippen molar-refractivity contribution < 1.29 is 14.3 Å². The number of thiophene rings is 1. The second kappa shape index (κ2) is 3.59. The van der Waals surface area contributed by atoms with E-state index >= 15 is 0 Å². The van der Waals surface area contributed by atoms with Crippen molar-refractivity contribution in [1.82, 2.24) is 10.2 Å². The van der Waals surface area contributed by atoms with Gasteiger partial charge in [-0.3, -0.25) is 0 Å². The van der Waals surface area contributed by atoms with Crippen LogP contribution < -0.4 is 5.11 Å². The number of aliphatic carboxylic acids is 1. The molecule has 0 fully saturated rings. The fraction of sp³-hybridized carbons (Fsp3) is 0.125. The van der Waals surface area contributed by atoms with Crippen LogP contribution in [-0.2, 0) is 11.2 Å². The molecule has 0 N–H and O–H groups in total. The molecule has 0 saturated carbocycles. The zero-order chi connectivity index (χ0) is 9.97. The van der Waals surface area contributed by atoms with Gasteiger partial charge in [0, 0.05) is 0 Å². The third kappa shape index (κ3) is 1.80. The number of hydrogen-bond donors (Lipinski definition) is 0. The molecule has 0 amide bonds. The van der Waals surface area contributed by atoms with Gasteiger partial charge in [0.15, 0.2) is 0 Å². The molecule has 0 spiro atoms. The van der Waals surface area contributed by atoms with Gasteiger partial charge in [0.05, 0.1) is 17.3 Å². The van der Waals surface area contributed by atoms with E-state index in [-0.39, 0.29) is 12.3 Å². The molecule has 0 radical (unpaired) electrons. The normalized spacial score (nSPS) is 10.3. The number of nitrogens with zero attached hydrogens (tertiary/aromatic N) is 2. The molecule has 2 aromatic heterocycles. The van der Waals surface area contributed by atoms with Crippen molar-refractivity contribution in [3.05, 3.63) is 23.4 Å². The first-order valence-electron chi connectivity index (χ1n) is 3.82. The van der Waals surface area contributed by atoms with Gasteiger partial charge in [-0.2, -0.15) is 0 Å². The number of carboxylic acids is 1. The van der Waals surface area contributed by atoms with Gasteiger partial charge in [-0.1, -0.05) is 6.07 Å². The second-order valence-electron chi connectivity index (χ2n) is 2.53. The highest BCUT2D eigenvalue weighted by atomic mass is 32.1. The van der Waals surface area contributed by atoms with E-state index < -0.39 is 5.97 Å². The third-order valence-electron chi connectivity index (χ3n) is 1.49. The molecular formula is C8H5N2O3S-. The van der Waals surface area contributed by atoms with E-state index in [9.17, 15) is 9.90 Å². The molecule has 0 aromatic carbocycles. The Hall–Kier alpha value is -1.69. The minimum Gasteiger partial charge on any atom is -0.550 e. The predicted octanol–water partition coefficient (Wildman–Crippen LogP) is 0.0905. The maximum absolute atomic E-state index is 10.2. The van der Waals surface area contributed by atoms with Crippen molar-refractivity contribution in [2.24, 2.45) is 0 Å². The Labute approximate surface area is 83.0 Å². The van der Waals surface area contributed by atoms with E-state index in [1.807, 2.05) is 17.5 Å². The Bertz CT molecular complexity index is 435. The van der Waals surface area contributed by atoms with Crippen LogP contribution in [0.1, 0.15) is 5.89 Å². The Morgan fingerprint density at radius 1 is 1.57 bits per heavy atom. The van der Waals surface area contributed by atoms with Crippen molar-refractivity contribution in [3.8, 4) is 10.8 Å². The lowest BCUT2D eigenvalue weighted by atomic mass is 10.4. The van der Waals surface area contributed by atoms with Gasteiger partial charge >= 0.3 is 0 Å². The van der Waals surface area contributed by atoms with E-state index in [0.717, 1.165) is 4.88 Å². The van der Waals surface area contributed by atoms with E-state index in [1.165, 1.54) is 11.3 Å². The maximum atomic E-state index is 10.2. The number of rotatable bonds is 3. The van der Waals surface area contributed by atoms with Crippen LogP contribution in [0.5, 0.6) is 0 Å². The van der Waals surface area contributed by atoms with Crippen molar-refractivity contribution >= 4 is 17.3 Å². The van der Waals surface area contributed by atoms with Gasteiger partial charge in [0.25, 0.3) is 5.89 Å². The summed E-state index contributed by atoms with van der Waals surface area (Å²) in [5.74, 6) is -0.823. The number of carbonyl (C=O) groups excluding carboxylic acids is 1. The molecule has 14 heavy (non-hydrogen) atoms. The summed E-state index contributed by atoms with van der Waals surface area (Å²) < 4.78 is 5.11. The summed E-state index contributed by atoms with van der Waals surface area (Å²) in [5, 5.41) is 19.4. The SMILES string of the molecule is O=C([O-])Cc1nnc(-c2cccs2)o1. The standard InChI is InChI=1S/C8H6N2O3S/c11-7(12)4-6-9-10-8(13-6)5-2-1-3-14-5/h1-3H,4H2,(H,11,12)/p-1. The molecule has 72 valence electrons. The quantitative estimate of drug-likeness (QED) is 0.715. The van der Waals surface area contributed by atoms with Gasteiger partial charge < -0.3 is 14.3 Å². The largest absolute Gasteiger partial charge is 0.550 e. The van der Waals surface area contributed by atoms with Gasteiger partial charge in [0.2, 0.25) is 5.89 Å². The third-order valence-corrected chi connectivity index (χ3v) is 2.35. The highest BCUT2D eigenvalue weighted by molar-refractivity contribution is 7.13. The topological polar surface area (TPSA) is 79.0 Å². The molecule has 2 aromatic rings. The van der Waals surface area contributed by atoms with Crippen LogP contribution in [0.2, 0.25) is 0 Å². The molecule has 0 unspecified atom stereocenters. The summed E-state index contributed by atoms with van der Waals surface area (Å²) in [4.78, 5) is 11.0. The molecule has 0 bridgehead atoms. The molecule has 0 aliphatic rings. The number of carbonyl (C=O) groups is 1. The lowest BCUT2D eigenvalue weighted by Gasteiger charge is -1.93. The molecule has 0 aliphatic heterocycles. The maximum Gasteiger partial charge on any atom is 0.257 e. The first kappa shape index (κ1) is 8.89. The zero-order valence-electron chi connectivity index (χ0n) is 6.97. The first-order chi connectivity index (χ1) is 6.75. The minimum atomic E-state index is -1.23. The highest BCUT2D eigenvalue weighted by Crippen LogP contribution is 2.22. The summed E-state index contributed by atoms with van der Waals surface area (Å²) in [5.41, 5.74) is 0. The monoisotopic (exact) mass is 209 g/mol. The van der Waals surface area contributed by atoms with E-state index in [0.29, 0.717) is 5.89 Å². The summed E-state index contributed by atoms with van der Waals surface area (Å²) in [6, 6.07) is 3.67. The van der Waals surface area contributed by atoms with Crippen molar-refractivity contribution in [2.75, 3.05) is 0 Å². The summed E-state index contributed by atoms with van der Waals surface area (Å²) in [6.07, 6.45) is -0.349. The average Bonchev–Trinajstić information content (AvgIpc) is 2.69. The lowest BCUT2D eigenvalue weighted by molar-refractivity contribution is -0.305. The second-order valence-corrected chi connectivity index (χ2v) is 3.47. The average molecular weight is 209 g/mol. The molecule has 0 saturated heterocycles. The van der Waals surface area contributed by atoms with Crippen LogP contribution in [0.25, 0.3) is 10.8 Å². The van der Waals surface area contributed by atoms with E-state index in [2.05, 4.69) is 10.2 Å². The lowest BCUT2D eigenvalue weighted by Crippen LogP contribution is -2.24. The smallest absolute Gasteiger partial charge is 0.257 e. The minimum absolute atomic E-state index is 0.0633. The summed E-state index contributed by atoms with van der Waals surface area (Å²) in [7, 11) is 0. The van der Waals surface area contributed by atoms with Gasteiger partial charge in [-0.15, -0.1) is 21.5 Å². The molecule has 5 nitrogen and oxygen atoms in total. The van der Waals surface area contributed by atoms with Crippen LogP contribution in [0, 0.1) is 0 Å². The Morgan fingerprint density at radius 2 is 2.43 bits per heavy atom. The molecule has 2 heterocycles. The first-order valence-corrected chi connectivity index (χ1v) is 4.70. The van der Waals surface area contributed by atoms with Crippen molar-refractivity contribution in [2.45, 2.75) is 6.42 Å². The Morgan fingerprint density at radius 3 is 3.07 bits per heavy atom. The molecule has 0 atom stereocenters. The van der Waals surface area contributed by atoms with Gasteiger partial charge in [-0.25, -0.2) is 0 Å². The fourth-order valence-electron chi connectivity index (χ4n) is 0.948. The molecule has 2 rings (SSSR count). The van der Waals surface area contributed by atoms with Crippen LogP contribution in [0.3, 0.4) is 0 Å². The summed E-state index contributed by atoms with van der Waals surface area (Å²) in [6.45, 7) is 0. The van der Waals surface area contributed by atoms with Crippen molar-refractivity contribution in [3.63, 3.8) is 0 Å². The molecule has 6 heteroatoms. The Kier molecular flexibility index (Phi) is 2.28. The van der Waals surface area contributed by atoms with Gasteiger partial charge in [0.1, 0.15) is 0 Å². The molecule has 0 aliphatic carbocycles. The number of aromatic nitrogens is 2. The number of carboxylic acid groups (broad SMARTS) is 1. The van der Waals surface area contributed by atoms with Crippen molar-refractivity contribution in [1.29, 1.82) is 0 Å². The van der Waals surface area contributed by atoms with Gasteiger partial charge in [-0.05, 0) is 11.4 Å². The number of hydrogen-bond acceptors (Lipinski definition) is 6. The fourth-order valence-corrected chi connectivity index (χ4v) is 1.59. The van der Waals surface area contributed by atoms with Crippen LogP contribution in [0.4, 0.5) is 0 Å². The highest BCUT2D eigenvalue weighted by Gasteiger charge is 2.08.